The van der Waals surface area contributed by atoms with E-state index < -0.39 is 0 Å². The number of methoxy groups -OCH3 is 1. The number of hydrogen-bond acceptors (Lipinski definition) is 2. The van der Waals surface area contributed by atoms with Gasteiger partial charge in [-0.25, -0.2) is 0 Å². The molecule has 0 bridgehead atoms. The van der Waals surface area contributed by atoms with Crippen molar-refractivity contribution in [1.29, 1.82) is 0 Å². The third-order valence-corrected chi connectivity index (χ3v) is 2.49. The zero-order chi connectivity index (χ0) is 10.7. The SMILES string of the molecule is COc1ccc(C)cc1N(C)C(C)C. The van der Waals surface area contributed by atoms with Gasteiger partial charge in [0.2, 0.25) is 0 Å². The molecule has 0 aliphatic rings. The van der Waals surface area contributed by atoms with Gasteiger partial charge in [0.05, 0.1) is 12.8 Å². The third kappa shape index (κ3) is 2.19. The van der Waals surface area contributed by atoms with Crippen LogP contribution in [0.4, 0.5) is 5.69 Å². The van der Waals surface area contributed by atoms with Crippen molar-refractivity contribution < 1.29 is 4.74 Å². The smallest absolute Gasteiger partial charge is 0.142 e. The summed E-state index contributed by atoms with van der Waals surface area (Å²) in [6.45, 7) is 6.43. The molecular weight excluding hydrogens is 174 g/mol. The summed E-state index contributed by atoms with van der Waals surface area (Å²) in [6, 6.07) is 6.71. The monoisotopic (exact) mass is 193 g/mol. The zero-order valence-corrected chi connectivity index (χ0v) is 9.66. The van der Waals surface area contributed by atoms with Crippen molar-refractivity contribution in [3.05, 3.63) is 23.8 Å². The van der Waals surface area contributed by atoms with Gasteiger partial charge in [0, 0.05) is 13.1 Å². The lowest BCUT2D eigenvalue weighted by atomic mass is 10.1. The van der Waals surface area contributed by atoms with Crippen LogP contribution in [-0.2, 0) is 0 Å². The van der Waals surface area contributed by atoms with E-state index in [1.54, 1.807) is 7.11 Å². The van der Waals surface area contributed by atoms with Crippen molar-refractivity contribution in [2.75, 3.05) is 19.1 Å². The molecule has 2 nitrogen and oxygen atoms in total. The summed E-state index contributed by atoms with van der Waals surface area (Å²) in [5, 5.41) is 0. The van der Waals surface area contributed by atoms with Gasteiger partial charge < -0.3 is 9.64 Å². The fourth-order valence-corrected chi connectivity index (χ4v) is 1.35. The number of anilines is 1. The van der Waals surface area contributed by atoms with E-state index in [-0.39, 0.29) is 0 Å². The molecule has 0 aliphatic heterocycles. The lowest BCUT2D eigenvalue weighted by Crippen LogP contribution is -2.26. The standard InChI is InChI=1S/C12H19NO/c1-9(2)13(4)11-8-10(3)6-7-12(11)14-5/h6-9H,1-5H3. The summed E-state index contributed by atoms with van der Waals surface area (Å²) in [4.78, 5) is 2.21. The second-order valence-electron chi connectivity index (χ2n) is 3.88. The number of nitrogens with zero attached hydrogens (tertiary/aromatic N) is 1. The van der Waals surface area contributed by atoms with E-state index in [1.807, 2.05) is 6.07 Å². The Kier molecular flexibility index (Phi) is 3.39. The van der Waals surface area contributed by atoms with Crippen LogP contribution in [0, 0.1) is 6.92 Å². The number of rotatable bonds is 3. The first-order valence-corrected chi connectivity index (χ1v) is 4.93. The average molecular weight is 193 g/mol. The van der Waals surface area contributed by atoms with Gasteiger partial charge in [-0.1, -0.05) is 6.07 Å². The summed E-state index contributed by atoms with van der Waals surface area (Å²) in [5.74, 6) is 0.937. The molecule has 0 saturated carbocycles. The molecule has 14 heavy (non-hydrogen) atoms. The molecule has 0 spiro atoms. The molecule has 0 aliphatic carbocycles. The molecule has 0 saturated heterocycles. The van der Waals surface area contributed by atoms with E-state index in [0.29, 0.717) is 6.04 Å². The number of hydrogen-bond donors (Lipinski definition) is 0. The van der Waals surface area contributed by atoms with Crippen LogP contribution in [0.2, 0.25) is 0 Å². The molecule has 0 radical (unpaired) electrons. The second kappa shape index (κ2) is 4.36. The highest BCUT2D eigenvalue weighted by molar-refractivity contribution is 5.60. The van der Waals surface area contributed by atoms with E-state index in [1.165, 1.54) is 5.56 Å². The molecule has 0 aromatic heterocycles. The van der Waals surface area contributed by atoms with E-state index >= 15 is 0 Å². The van der Waals surface area contributed by atoms with Crippen LogP contribution >= 0.6 is 0 Å². The Hall–Kier alpha value is -1.18. The maximum absolute atomic E-state index is 5.33. The summed E-state index contributed by atoms with van der Waals surface area (Å²) < 4.78 is 5.33. The van der Waals surface area contributed by atoms with Crippen molar-refractivity contribution in [1.82, 2.24) is 0 Å². The minimum Gasteiger partial charge on any atom is -0.495 e. The van der Waals surface area contributed by atoms with Crippen LogP contribution in [0.5, 0.6) is 5.75 Å². The van der Waals surface area contributed by atoms with Gasteiger partial charge in [0.1, 0.15) is 5.75 Å². The Morgan fingerprint density at radius 3 is 2.43 bits per heavy atom. The maximum Gasteiger partial charge on any atom is 0.142 e. The fraction of sp³-hybridized carbons (Fsp3) is 0.500. The minimum absolute atomic E-state index is 0.477. The largest absolute Gasteiger partial charge is 0.495 e. The third-order valence-electron chi connectivity index (χ3n) is 2.49. The first-order valence-electron chi connectivity index (χ1n) is 4.93. The van der Waals surface area contributed by atoms with E-state index in [2.05, 4.69) is 44.9 Å². The van der Waals surface area contributed by atoms with Crippen LogP contribution in [0.3, 0.4) is 0 Å². The Bertz CT molecular complexity index is 307. The summed E-state index contributed by atoms with van der Waals surface area (Å²) in [6.07, 6.45) is 0. The van der Waals surface area contributed by atoms with Crippen molar-refractivity contribution >= 4 is 5.69 Å². The molecule has 1 aromatic carbocycles. The summed E-state index contributed by atoms with van der Waals surface area (Å²) in [5.41, 5.74) is 2.41. The number of benzene rings is 1. The lowest BCUT2D eigenvalue weighted by Gasteiger charge is -2.26. The topological polar surface area (TPSA) is 12.5 Å². The number of aryl methyl sites for hydroxylation is 1. The molecule has 78 valence electrons. The van der Waals surface area contributed by atoms with Crippen LogP contribution < -0.4 is 9.64 Å². The molecule has 0 heterocycles. The van der Waals surface area contributed by atoms with E-state index in [9.17, 15) is 0 Å². The highest BCUT2D eigenvalue weighted by atomic mass is 16.5. The predicted octanol–water partition coefficient (Wildman–Crippen LogP) is 2.85. The number of ether oxygens (including phenoxy) is 1. The lowest BCUT2D eigenvalue weighted by molar-refractivity contribution is 0.414. The Labute approximate surface area is 86.5 Å². The van der Waals surface area contributed by atoms with E-state index in [4.69, 9.17) is 4.74 Å². The highest BCUT2D eigenvalue weighted by Crippen LogP contribution is 2.29. The zero-order valence-electron chi connectivity index (χ0n) is 9.66. The van der Waals surface area contributed by atoms with Crippen LogP contribution in [0.1, 0.15) is 19.4 Å². The summed E-state index contributed by atoms with van der Waals surface area (Å²) >= 11 is 0. The second-order valence-corrected chi connectivity index (χ2v) is 3.88. The van der Waals surface area contributed by atoms with Crippen LogP contribution in [-0.4, -0.2) is 20.2 Å². The van der Waals surface area contributed by atoms with Gasteiger partial charge in [-0.2, -0.15) is 0 Å². The maximum atomic E-state index is 5.33. The fourth-order valence-electron chi connectivity index (χ4n) is 1.35. The predicted molar refractivity (Wildman–Crippen MR) is 61.3 cm³/mol. The Balaban J connectivity index is 3.10. The first kappa shape index (κ1) is 10.9. The Morgan fingerprint density at radius 2 is 1.93 bits per heavy atom. The molecular formula is C12H19NO. The van der Waals surface area contributed by atoms with Gasteiger partial charge >= 0.3 is 0 Å². The normalized spacial score (nSPS) is 10.4. The minimum atomic E-state index is 0.477. The van der Waals surface area contributed by atoms with Crippen molar-refractivity contribution in [2.24, 2.45) is 0 Å². The van der Waals surface area contributed by atoms with E-state index in [0.717, 1.165) is 11.4 Å². The van der Waals surface area contributed by atoms with Gasteiger partial charge in [0.25, 0.3) is 0 Å². The highest BCUT2D eigenvalue weighted by Gasteiger charge is 2.10. The van der Waals surface area contributed by atoms with Crippen molar-refractivity contribution in [2.45, 2.75) is 26.8 Å². The molecule has 1 rings (SSSR count). The van der Waals surface area contributed by atoms with Crippen molar-refractivity contribution in [3.63, 3.8) is 0 Å². The van der Waals surface area contributed by atoms with Crippen LogP contribution in [0.15, 0.2) is 18.2 Å². The quantitative estimate of drug-likeness (QED) is 0.732. The molecule has 0 atom stereocenters. The molecule has 0 unspecified atom stereocenters. The van der Waals surface area contributed by atoms with Gasteiger partial charge in [0.15, 0.2) is 0 Å². The summed E-state index contributed by atoms with van der Waals surface area (Å²) in [7, 11) is 3.80. The van der Waals surface area contributed by atoms with Crippen LogP contribution in [0.25, 0.3) is 0 Å². The average Bonchev–Trinajstić information content (AvgIpc) is 2.16. The van der Waals surface area contributed by atoms with Gasteiger partial charge in [-0.05, 0) is 38.5 Å². The molecule has 1 aromatic rings. The van der Waals surface area contributed by atoms with Gasteiger partial charge in [-0.15, -0.1) is 0 Å². The molecule has 0 N–H and O–H groups in total. The first-order chi connectivity index (χ1) is 6.56. The molecule has 0 amide bonds. The van der Waals surface area contributed by atoms with Crippen molar-refractivity contribution in [3.8, 4) is 5.75 Å². The Morgan fingerprint density at radius 1 is 1.29 bits per heavy atom. The van der Waals surface area contributed by atoms with Gasteiger partial charge in [-0.3, -0.25) is 0 Å². The molecule has 2 heteroatoms. The molecule has 0 fully saturated rings.